The summed E-state index contributed by atoms with van der Waals surface area (Å²) in [5.41, 5.74) is 0.960. The quantitative estimate of drug-likeness (QED) is 0.475. The molecule has 3 rings (SSSR count). The van der Waals surface area contributed by atoms with Crippen molar-refractivity contribution in [1.29, 1.82) is 0 Å². The fourth-order valence-corrected chi connectivity index (χ4v) is 2.76. The minimum absolute atomic E-state index is 0.0912. The summed E-state index contributed by atoms with van der Waals surface area (Å²) in [6.07, 6.45) is 3.08. The Morgan fingerprint density at radius 2 is 1.38 bits per heavy atom. The Kier molecular flexibility index (Phi) is 7.02. The van der Waals surface area contributed by atoms with E-state index < -0.39 is 23.0 Å². The van der Waals surface area contributed by atoms with Crippen LogP contribution in [0.4, 0.5) is 5.69 Å². The lowest BCUT2D eigenvalue weighted by atomic mass is 10.2. The number of nitrogens with one attached hydrogen (secondary N) is 3. The van der Waals surface area contributed by atoms with Gasteiger partial charge in [-0.2, -0.15) is 0 Å². The first-order valence-electron chi connectivity index (χ1n) is 9.57. The molecule has 0 atom stereocenters. The third-order valence-corrected chi connectivity index (χ3v) is 4.32. The molecule has 0 aliphatic rings. The summed E-state index contributed by atoms with van der Waals surface area (Å²) in [7, 11) is 1.56. The summed E-state index contributed by atoms with van der Waals surface area (Å²) >= 11 is 0. The minimum Gasteiger partial charge on any atom is -0.497 e. The number of carbonyl (C=O) groups excluding carboxylic acids is 2. The minimum atomic E-state index is -0.545. The number of methoxy groups -OCH3 is 1. The third-order valence-electron chi connectivity index (χ3n) is 4.32. The molecule has 3 aromatic rings. The van der Waals surface area contributed by atoms with Crippen molar-refractivity contribution in [3.8, 4) is 5.75 Å². The molecule has 1 aromatic heterocycles. The molecule has 2 aromatic carbocycles. The first-order chi connectivity index (χ1) is 15.3. The van der Waals surface area contributed by atoms with E-state index in [1.165, 1.54) is 13.0 Å². The van der Waals surface area contributed by atoms with Crippen LogP contribution in [0.2, 0.25) is 0 Å². The zero-order chi connectivity index (χ0) is 23.1. The number of H-pyrrole nitrogens is 2. The van der Waals surface area contributed by atoms with Crippen molar-refractivity contribution in [2.75, 3.05) is 19.0 Å². The third kappa shape index (κ3) is 6.05. The van der Waals surface area contributed by atoms with Gasteiger partial charge in [0.25, 0.3) is 17.0 Å². The van der Waals surface area contributed by atoms with Gasteiger partial charge >= 0.3 is 5.97 Å². The van der Waals surface area contributed by atoms with E-state index in [4.69, 9.17) is 4.74 Å². The van der Waals surface area contributed by atoms with Crippen molar-refractivity contribution in [1.82, 2.24) is 9.97 Å². The molecule has 164 valence electrons. The molecule has 1 amide bonds. The smallest absolute Gasteiger partial charge is 0.303 e. The van der Waals surface area contributed by atoms with Crippen LogP contribution in [0.25, 0.3) is 12.2 Å². The number of carbonyl (C=O) groups is 2. The molecule has 0 bridgehead atoms. The lowest BCUT2D eigenvalue weighted by Gasteiger charge is -2.05. The Hall–Kier alpha value is -4.40. The van der Waals surface area contributed by atoms with Crippen LogP contribution >= 0.6 is 0 Å². The molecule has 9 nitrogen and oxygen atoms in total. The first-order valence-corrected chi connectivity index (χ1v) is 9.57. The van der Waals surface area contributed by atoms with E-state index >= 15 is 0 Å². The van der Waals surface area contributed by atoms with Crippen molar-refractivity contribution in [3.05, 3.63) is 91.1 Å². The Labute approximate surface area is 182 Å². The molecule has 9 heteroatoms. The maximum absolute atomic E-state index is 12.4. The largest absolute Gasteiger partial charge is 0.497 e. The molecule has 0 fully saturated rings. The molecule has 0 aliphatic carbocycles. The van der Waals surface area contributed by atoms with Crippen LogP contribution in [-0.4, -0.2) is 35.6 Å². The normalized spacial score (nSPS) is 11.8. The second-order valence-electron chi connectivity index (χ2n) is 6.75. The van der Waals surface area contributed by atoms with Crippen LogP contribution in [0.5, 0.6) is 5.75 Å². The van der Waals surface area contributed by atoms with Crippen LogP contribution in [0, 0.1) is 0 Å². The van der Waals surface area contributed by atoms with Gasteiger partial charge in [-0.25, -0.2) is 0 Å². The molecule has 0 aliphatic heterocycles. The molecule has 0 saturated heterocycles. The second kappa shape index (κ2) is 10.1. The number of ether oxygens (including phenoxy) is 2. The van der Waals surface area contributed by atoms with E-state index in [9.17, 15) is 19.2 Å². The monoisotopic (exact) mass is 435 g/mol. The average molecular weight is 435 g/mol. The summed E-state index contributed by atoms with van der Waals surface area (Å²) < 4.78 is 9.72. The Morgan fingerprint density at radius 3 is 1.84 bits per heavy atom. The van der Waals surface area contributed by atoms with Crippen LogP contribution in [0.3, 0.4) is 0 Å². The summed E-state index contributed by atoms with van der Waals surface area (Å²) in [5, 5.41) is 2.80. The number of aromatic amines is 2. The van der Waals surface area contributed by atoms with Gasteiger partial charge in [-0.3, -0.25) is 19.2 Å². The molecular formula is C23H21N3O6. The van der Waals surface area contributed by atoms with Crippen LogP contribution in [0.15, 0.2) is 58.1 Å². The van der Waals surface area contributed by atoms with Crippen molar-refractivity contribution < 1.29 is 19.1 Å². The summed E-state index contributed by atoms with van der Waals surface area (Å²) in [6, 6.07) is 13.6. The number of hydrogen-bond donors (Lipinski definition) is 3. The van der Waals surface area contributed by atoms with Gasteiger partial charge in [-0.1, -0.05) is 24.3 Å². The van der Waals surface area contributed by atoms with Crippen molar-refractivity contribution >= 4 is 29.7 Å². The van der Waals surface area contributed by atoms with Crippen LogP contribution < -0.4 is 31.9 Å². The van der Waals surface area contributed by atoms with Gasteiger partial charge < -0.3 is 24.8 Å². The van der Waals surface area contributed by atoms with Gasteiger partial charge in [0.1, 0.15) is 16.4 Å². The van der Waals surface area contributed by atoms with Crippen LogP contribution in [0.1, 0.15) is 18.1 Å². The highest BCUT2D eigenvalue weighted by atomic mass is 16.5. The number of aromatic nitrogens is 2. The summed E-state index contributed by atoms with van der Waals surface area (Å²) in [5.74, 6) is -0.331. The lowest BCUT2D eigenvalue weighted by molar-refractivity contribution is -0.144. The Morgan fingerprint density at radius 1 is 0.875 bits per heavy atom. The van der Waals surface area contributed by atoms with Crippen molar-refractivity contribution in [3.63, 3.8) is 0 Å². The van der Waals surface area contributed by atoms with E-state index in [1.54, 1.807) is 61.7 Å². The molecule has 0 unspecified atom stereocenters. The highest BCUT2D eigenvalue weighted by Crippen LogP contribution is 2.11. The maximum atomic E-state index is 12.4. The van der Waals surface area contributed by atoms with Gasteiger partial charge in [-0.15, -0.1) is 0 Å². The number of hydrogen-bond acceptors (Lipinski definition) is 6. The lowest BCUT2D eigenvalue weighted by Crippen LogP contribution is -2.46. The van der Waals surface area contributed by atoms with E-state index in [0.29, 0.717) is 17.0 Å². The molecule has 1 heterocycles. The number of anilines is 1. The molecule has 0 spiro atoms. The zero-order valence-electron chi connectivity index (χ0n) is 17.4. The predicted octanol–water partition coefficient (Wildman–Crippen LogP) is 0.231. The fourth-order valence-electron chi connectivity index (χ4n) is 2.76. The van der Waals surface area contributed by atoms with Crippen molar-refractivity contribution in [2.45, 2.75) is 6.92 Å². The molecular weight excluding hydrogens is 414 g/mol. The maximum Gasteiger partial charge on any atom is 0.303 e. The number of rotatable bonds is 6. The molecule has 32 heavy (non-hydrogen) atoms. The Balaban J connectivity index is 1.81. The van der Waals surface area contributed by atoms with Crippen molar-refractivity contribution in [2.24, 2.45) is 0 Å². The van der Waals surface area contributed by atoms with Gasteiger partial charge in [0.05, 0.1) is 7.11 Å². The summed E-state index contributed by atoms with van der Waals surface area (Å²) in [6.45, 7) is 0.841. The number of amides is 1. The van der Waals surface area contributed by atoms with E-state index in [2.05, 4.69) is 20.0 Å². The van der Waals surface area contributed by atoms with E-state index in [0.717, 1.165) is 5.56 Å². The Bertz CT molecular complexity index is 1350. The fraction of sp³-hybridized carbons (Fsp3) is 0.130. The van der Waals surface area contributed by atoms with Gasteiger partial charge in [0.15, 0.2) is 6.61 Å². The predicted molar refractivity (Wildman–Crippen MR) is 119 cm³/mol. The van der Waals surface area contributed by atoms with Gasteiger partial charge in [0.2, 0.25) is 0 Å². The summed E-state index contributed by atoms with van der Waals surface area (Å²) in [4.78, 5) is 52.4. The highest BCUT2D eigenvalue weighted by Gasteiger charge is 2.04. The molecule has 0 radical (unpaired) electrons. The van der Waals surface area contributed by atoms with Gasteiger partial charge in [0, 0.05) is 12.6 Å². The first kappa shape index (κ1) is 22.3. The van der Waals surface area contributed by atoms with Gasteiger partial charge in [-0.05, 0) is 47.5 Å². The molecule has 0 saturated carbocycles. The highest BCUT2D eigenvalue weighted by molar-refractivity contribution is 5.92. The number of benzene rings is 2. The number of esters is 1. The zero-order valence-corrected chi connectivity index (χ0v) is 17.4. The topological polar surface area (TPSA) is 130 Å². The SMILES string of the molecule is COc1ccc(/C=c2\[nH]c(=O)/c(=C/c3ccc(NC(=O)COC(C)=O)cc3)[nH]c2=O)cc1. The standard InChI is InChI=1S/C23H21N3O6/c1-14(27)32-13-21(28)24-17-7-3-15(4-8-17)11-19-22(29)26-20(23(30)25-19)12-16-5-9-18(31-2)10-6-16/h3-12H,13H2,1-2H3,(H,24,28)(H,25,30)(H,26,29)/b19-11-,20-12-. The average Bonchev–Trinajstić information content (AvgIpc) is 2.77. The van der Waals surface area contributed by atoms with E-state index in [-0.39, 0.29) is 17.3 Å². The van der Waals surface area contributed by atoms with Crippen LogP contribution in [-0.2, 0) is 14.3 Å². The molecule has 3 N–H and O–H groups in total. The second-order valence-corrected chi connectivity index (χ2v) is 6.75. The van der Waals surface area contributed by atoms with E-state index in [1.807, 2.05) is 0 Å².